The monoisotopic (exact) mass is 386 g/mol. The molecule has 1 aliphatic rings. The van der Waals surface area contributed by atoms with E-state index in [2.05, 4.69) is 26.4 Å². The Balaban J connectivity index is 1.50. The second-order valence-corrected chi connectivity index (χ2v) is 7.03. The van der Waals surface area contributed by atoms with Crippen molar-refractivity contribution in [1.82, 2.24) is 24.6 Å². The number of hydrogen-bond donors (Lipinski definition) is 1. The van der Waals surface area contributed by atoms with Crippen LogP contribution in [0, 0.1) is 0 Å². The summed E-state index contributed by atoms with van der Waals surface area (Å²) in [6, 6.07) is 7.98. The maximum absolute atomic E-state index is 12.4. The number of benzene rings is 1. The molecule has 0 saturated carbocycles. The van der Waals surface area contributed by atoms with Crippen LogP contribution in [0.15, 0.2) is 34.1 Å². The fourth-order valence-electron chi connectivity index (χ4n) is 3.57. The number of hydrogen-bond acceptors (Lipinski definition) is 4. The Hall–Kier alpha value is -2.77. The van der Waals surface area contributed by atoms with Gasteiger partial charge in [0.2, 0.25) is 0 Å². The van der Waals surface area contributed by atoms with Gasteiger partial charge in [0, 0.05) is 52.3 Å². The molecule has 0 spiro atoms. The van der Waals surface area contributed by atoms with Crippen molar-refractivity contribution in [3.05, 3.63) is 46.1 Å². The molecule has 2 aromatic rings. The van der Waals surface area contributed by atoms with Gasteiger partial charge in [-0.05, 0) is 25.3 Å². The third-order valence-corrected chi connectivity index (χ3v) is 5.03. The van der Waals surface area contributed by atoms with E-state index in [0.717, 1.165) is 61.9 Å². The Morgan fingerprint density at radius 3 is 2.93 bits per heavy atom. The zero-order chi connectivity index (χ0) is 19.9. The molecule has 3 rings (SSSR count). The standard InChI is InChI=1S/C20H30N6O2/c1-21-19(24(2)15-16-9-4-5-10-17(16)28-3)22-12-8-14-26-20(27)25-13-7-6-11-18(25)23-26/h4-5,9-10H,6-8,11-15H2,1-3H3,(H,21,22). The van der Waals surface area contributed by atoms with Crippen LogP contribution in [0.5, 0.6) is 5.75 Å². The molecule has 2 heterocycles. The van der Waals surface area contributed by atoms with Crippen molar-refractivity contribution in [1.29, 1.82) is 0 Å². The van der Waals surface area contributed by atoms with E-state index < -0.39 is 0 Å². The summed E-state index contributed by atoms with van der Waals surface area (Å²) in [6.07, 6.45) is 3.89. The predicted octanol–water partition coefficient (Wildman–Crippen LogP) is 1.49. The molecule has 0 radical (unpaired) electrons. The van der Waals surface area contributed by atoms with Gasteiger partial charge in [-0.2, -0.15) is 5.10 Å². The van der Waals surface area contributed by atoms with Crippen LogP contribution in [0.4, 0.5) is 0 Å². The molecule has 1 aromatic heterocycles. The van der Waals surface area contributed by atoms with Crippen molar-refractivity contribution < 1.29 is 4.74 Å². The van der Waals surface area contributed by atoms with Crippen LogP contribution >= 0.6 is 0 Å². The van der Waals surface area contributed by atoms with E-state index in [1.807, 2.05) is 29.8 Å². The topological polar surface area (TPSA) is 76.7 Å². The number of fused-ring (bicyclic) bond motifs is 1. The first-order chi connectivity index (χ1) is 13.6. The van der Waals surface area contributed by atoms with Crippen LogP contribution in [0.3, 0.4) is 0 Å². The van der Waals surface area contributed by atoms with E-state index in [1.54, 1.807) is 18.8 Å². The Morgan fingerprint density at radius 1 is 1.36 bits per heavy atom. The summed E-state index contributed by atoms with van der Waals surface area (Å²) in [5.74, 6) is 2.60. The minimum Gasteiger partial charge on any atom is -0.496 e. The minimum absolute atomic E-state index is 0.0207. The Morgan fingerprint density at radius 2 is 2.18 bits per heavy atom. The largest absolute Gasteiger partial charge is 0.496 e. The van der Waals surface area contributed by atoms with Crippen molar-refractivity contribution in [3.63, 3.8) is 0 Å². The van der Waals surface area contributed by atoms with Crippen molar-refractivity contribution >= 4 is 5.96 Å². The summed E-state index contributed by atoms with van der Waals surface area (Å²) in [5, 5.41) is 7.85. The zero-order valence-electron chi connectivity index (χ0n) is 17.0. The number of aromatic nitrogens is 3. The van der Waals surface area contributed by atoms with Crippen LogP contribution in [0.25, 0.3) is 0 Å². The van der Waals surface area contributed by atoms with Crippen LogP contribution in [0.1, 0.15) is 30.7 Å². The van der Waals surface area contributed by atoms with Crippen LogP contribution in [-0.4, -0.2) is 53.0 Å². The number of rotatable bonds is 7. The lowest BCUT2D eigenvalue weighted by atomic mass is 10.2. The maximum Gasteiger partial charge on any atom is 0.345 e. The fraction of sp³-hybridized carbons (Fsp3) is 0.550. The Labute approximate surface area is 165 Å². The normalized spacial score (nSPS) is 13.9. The number of aryl methyl sites for hydroxylation is 2. The van der Waals surface area contributed by atoms with Gasteiger partial charge in [-0.1, -0.05) is 18.2 Å². The number of nitrogens with one attached hydrogen (secondary N) is 1. The second kappa shape index (κ2) is 9.43. The van der Waals surface area contributed by atoms with E-state index in [4.69, 9.17) is 4.74 Å². The van der Waals surface area contributed by atoms with E-state index in [-0.39, 0.29) is 5.69 Å². The quantitative estimate of drug-likeness (QED) is 0.443. The van der Waals surface area contributed by atoms with Gasteiger partial charge >= 0.3 is 5.69 Å². The molecule has 0 atom stereocenters. The summed E-state index contributed by atoms with van der Waals surface area (Å²) in [7, 11) is 5.45. The third kappa shape index (κ3) is 4.55. The summed E-state index contributed by atoms with van der Waals surface area (Å²) >= 11 is 0. The van der Waals surface area contributed by atoms with Gasteiger partial charge in [0.15, 0.2) is 5.96 Å². The molecule has 0 fully saturated rings. The van der Waals surface area contributed by atoms with Gasteiger partial charge in [-0.15, -0.1) is 0 Å². The van der Waals surface area contributed by atoms with Crippen molar-refractivity contribution in [2.75, 3.05) is 27.7 Å². The summed E-state index contributed by atoms with van der Waals surface area (Å²) in [5.41, 5.74) is 1.12. The van der Waals surface area contributed by atoms with Gasteiger partial charge in [0.05, 0.1) is 7.11 Å². The molecule has 0 unspecified atom stereocenters. The smallest absolute Gasteiger partial charge is 0.345 e. The van der Waals surface area contributed by atoms with E-state index in [1.165, 1.54) is 0 Å². The molecule has 0 saturated heterocycles. The lowest BCUT2D eigenvalue weighted by Gasteiger charge is -2.23. The predicted molar refractivity (Wildman–Crippen MR) is 110 cm³/mol. The highest BCUT2D eigenvalue weighted by molar-refractivity contribution is 5.79. The second-order valence-electron chi connectivity index (χ2n) is 7.03. The number of nitrogens with zero attached hydrogens (tertiary/aromatic N) is 5. The Bertz CT molecular complexity index is 870. The van der Waals surface area contributed by atoms with Crippen molar-refractivity contribution in [3.8, 4) is 5.75 Å². The SMILES string of the molecule is CN=C(NCCCn1nc2n(c1=O)CCCC2)N(C)Cc1ccccc1OC. The summed E-state index contributed by atoms with van der Waals surface area (Å²) in [6.45, 7) is 2.82. The van der Waals surface area contributed by atoms with Crippen molar-refractivity contribution in [2.45, 2.75) is 45.3 Å². The fourth-order valence-corrected chi connectivity index (χ4v) is 3.57. The number of aliphatic imine (C=N–C) groups is 1. The number of methoxy groups -OCH3 is 1. The molecule has 8 nitrogen and oxygen atoms in total. The highest BCUT2D eigenvalue weighted by Gasteiger charge is 2.16. The average molecular weight is 387 g/mol. The lowest BCUT2D eigenvalue weighted by molar-refractivity contribution is 0.395. The molecule has 1 aliphatic heterocycles. The van der Waals surface area contributed by atoms with Crippen molar-refractivity contribution in [2.24, 2.45) is 4.99 Å². The molecule has 1 aromatic carbocycles. The summed E-state index contributed by atoms with van der Waals surface area (Å²) in [4.78, 5) is 18.8. The van der Waals surface area contributed by atoms with E-state index >= 15 is 0 Å². The maximum atomic E-state index is 12.4. The number of para-hydroxylation sites is 1. The highest BCUT2D eigenvalue weighted by atomic mass is 16.5. The van der Waals surface area contributed by atoms with Gasteiger partial charge in [0.25, 0.3) is 0 Å². The van der Waals surface area contributed by atoms with Gasteiger partial charge in [0.1, 0.15) is 11.6 Å². The van der Waals surface area contributed by atoms with E-state index in [0.29, 0.717) is 13.1 Å². The van der Waals surface area contributed by atoms with Crippen LogP contribution < -0.4 is 15.7 Å². The van der Waals surface area contributed by atoms with Crippen LogP contribution in [0.2, 0.25) is 0 Å². The number of ether oxygens (including phenoxy) is 1. The Kier molecular flexibility index (Phi) is 6.73. The molecule has 0 aliphatic carbocycles. The molecule has 28 heavy (non-hydrogen) atoms. The minimum atomic E-state index is 0.0207. The molecule has 152 valence electrons. The molecule has 0 bridgehead atoms. The van der Waals surface area contributed by atoms with E-state index in [9.17, 15) is 4.79 Å². The first kappa shape index (κ1) is 20.0. The number of guanidine groups is 1. The lowest BCUT2D eigenvalue weighted by Crippen LogP contribution is -2.39. The molecular weight excluding hydrogens is 356 g/mol. The van der Waals surface area contributed by atoms with Gasteiger partial charge in [-0.25, -0.2) is 9.48 Å². The van der Waals surface area contributed by atoms with Crippen LogP contribution in [-0.2, 0) is 26.1 Å². The average Bonchev–Trinajstić information content (AvgIpc) is 3.04. The molecule has 8 heteroatoms. The molecular formula is C20H30N6O2. The van der Waals surface area contributed by atoms with Gasteiger partial charge < -0.3 is 15.0 Å². The zero-order valence-corrected chi connectivity index (χ0v) is 17.0. The highest BCUT2D eigenvalue weighted by Crippen LogP contribution is 2.18. The third-order valence-electron chi connectivity index (χ3n) is 5.03. The summed E-state index contributed by atoms with van der Waals surface area (Å²) < 4.78 is 8.84. The molecule has 1 N–H and O–H groups in total. The first-order valence-corrected chi connectivity index (χ1v) is 9.84. The molecule has 0 amide bonds. The first-order valence-electron chi connectivity index (χ1n) is 9.84. The van der Waals surface area contributed by atoms with Gasteiger partial charge in [-0.3, -0.25) is 9.56 Å².